The molecule has 8 heteroatoms. The van der Waals surface area contributed by atoms with Crippen molar-refractivity contribution in [2.24, 2.45) is 0 Å². The molecule has 0 radical (unpaired) electrons. The van der Waals surface area contributed by atoms with Crippen LogP contribution in [0.3, 0.4) is 0 Å². The van der Waals surface area contributed by atoms with E-state index in [2.05, 4.69) is 15.2 Å². The first-order valence-corrected chi connectivity index (χ1v) is 11.6. The summed E-state index contributed by atoms with van der Waals surface area (Å²) < 4.78 is 11.8. The third kappa shape index (κ3) is 3.55. The fourth-order valence-electron chi connectivity index (χ4n) is 4.91. The van der Waals surface area contributed by atoms with E-state index in [1.54, 1.807) is 6.20 Å². The van der Waals surface area contributed by atoms with Gasteiger partial charge in [-0.05, 0) is 24.5 Å². The van der Waals surface area contributed by atoms with Crippen LogP contribution in [0, 0.1) is 0 Å². The summed E-state index contributed by atoms with van der Waals surface area (Å²) in [7, 11) is 0. The molecule has 0 spiro atoms. The van der Waals surface area contributed by atoms with Gasteiger partial charge in [-0.1, -0.05) is 24.3 Å². The maximum atomic E-state index is 12.2. The zero-order chi connectivity index (χ0) is 23.2. The number of pyridine rings is 1. The van der Waals surface area contributed by atoms with Gasteiger partial charge in [0.1, 0.15) is 29.3 Å². The molecule has 8 nitrogen and oxygen atoms in total. The molecular formula is C26H25N3O5. The number of aromatic nitrogens is 1. The number of aromatic carboxylic acids is 1. The van der Waals surface area contributed by atoms with Crippen LogP contribution in [0.15, 0.2) is 53.3 Å². The summed E-state index contributed by atoms with van der Waals surface area (Å²) in [5.41, 5.74) is 1.92. The van der Waals surface area contributed by atoms with E-state index in [1.807, 2.05) is 36.4 Å². The first-order chi connectivity index (χ1) is 16.6. The summed E-state index contributed by atoms with van der Waals surface area (Å²) in [6.07, 6.45) is 5.23. The van der Waals surface area contributed by atoms with Gasteiger partial charge in [-0.15, -0.1) is 0 Å². The van der Waals surface area contributed by atoms with Gasteiger partial charge >= 0.3 is 5.97 Å². The first-order valence-electron chi connectivity index (χ1n) is 11.6. The number of phenols is 1. The van der Waals surface area contributed by atoms with Crippen LogP contribution in [0.1, 0.15) is 40.4 Å². The van der Waals surface area contributed by atoms with E-state index < -0.39 is 12.0 Å². The fourth-order valence-corrected chi connectivity index (χ4v) is 4.91. The molecule has 2 aromatic heterocycles. The normalized spacial score (nSPS) is 17.8. The highest BCUT2D eigenvalue weighted by molar-refractivity contribution is 6.15. The molecule has 3 heterocycles. The molecule has 0 amide bonds. The molecule has 1 aliphatic heterocycles. The van der Waals surface area contributed by atoms with Gasteiger partial charge < -0.3 is 24.7 Å². The largest absolute Gasteiger partial charge is 0.507 e. The summed E-state index contributed by atoms with van der Waals surface area (Å²) in [4.78, 5) is 18.8. The van der Waals surface area contributed by atoms with Gasteiger partial charge in [0.2, 0.25) is 5.88 Å². The van der Waals surface area contributed by atoms with Crippen LogP contribution in [-0.2, 0) is 0 Å². The number of hydrogen-bond donors (Lipinski definition) is 3. The Labute approximate surface area is 195 Å². The van der Waals surface area contributed by atoms with Crippen molar-refractivity contribution in [2.75, 3.05) is 26.2 Å². The Balaban J connectivity index is 1.63. The van der Waals surface area contributed by atoms with Crippen LogP contribution in [0.5, 0.6) is 11.6 Å². The predicted molar refractivity (Wildman–Crippen MR) is 127 cm³/mol. The Morgan fingerprint density at radius 2 is 1.94 bits per heavy atom. The summed E-state index contributed by atoms with van der Waals surface area (Å²) in [6, 6.07) is 10.8. The average molecular weight is 460 g/mol. The molecule has 2 aromatic carbocycles. The van der Waals surface area contributed by atoms with Crippen molar-refractivity contribution >= 4 is 27.7 Å². The smallest absolute Gasteiger partial charge is 0.339 e. The Morgan fingerprint density at radius 1 is 1.18 bits per heavy atom. The molecule has 2 aliphatic rings. The number of benzene rings is 2. The zero-order valence-corrected chi connectivity index (χ0v) is 18.5. The second-order valence-electron chi connectivity index (χ2n) is 8.90. The standard InChI is InChI=1S/C26H25N3O5/c30-24-17-3-1-2-4-18(17)25-21(19(14-33-25)26(31)32)22(24)23(29-11-9-27-10-12-29)15-7-8-28-20(13-15)34-16-5-6-16/h1-4,7-8,13-14,16,23,27,30H,5-6,9-12H2,(H,31,32). The highest BCUT2D eigenvalue weighted by Crippen LogP contribution is 2.46. The molecule has 2 fully saturated rings. The third-order valence-electron chi connectivity index (χ3n) is 6.65. The van der Waals surface area contributed by atoms with Crippen molar-refractivity contribution in [3.8, 4) is 11.6 Å². The van der Waals surface area contributed by atoms with Crippen LogP contribution in [-0.4, -0.2) is 58.3 Å². The lowest BCUT2D eigenvalue weighted by Crippen LogP contribution is -2.45. The number of nitrogens with zero attached hydrogens (tertiary/aromatic N) is 2. The lowest BCUT2D eigenvalue weighted by Gasteiger charge is -2.36. The van der Waals surface area contributed by atoms with E-state index in [0.29, 0.717) is 33.2 Å². The minimum absolute atomic E-state index is 0.0368. The van der Waals surface area contributed by atoms with Gasteiger partial charge in [0, 0.05) is 60.2 Å². The van der Waals surface area contributed by atoms with Gasteiger partial charge in [-0.25, -0.2) is 9.78 Å². The molecular weight excluding hydrogens is 434 g/mol. The number of nitrogens with one attached hydrogen (secondary N) is 1. The average Bonchev–Trinajstić information content (AvgIpc) is 3.56. The Hall–Kier alpha value is -3.62. The quantitative estimate of drug-likeness (QED) is 0.398. The second kappa shape index (κ2) is 8.30. The van der Waals surface area contributed by atoms with Crippen molar-refractivity contribution < 1.29 is 24.2 Å². The Bertz CT molecular complexity index is 1390. The lowest BCUT2D eigenvalue weighted by molar-refractivity contribution is 0.0698. The number of aromatic hydroxyl groups is 1. The number of ether oxygens (including phenoxy) is 1. The summed E-state index contributed by atoms with van der Waals surface area (Å²) >= 11 is 0. The van der Waals surface area contributed by atoms with Crippen LogP contribution >= 0.6 is 0 Å². The molecule has 4 aromatic rings. The molecule has 3 N–H and O–H groups in total. The Kier molecular flexibility index (Phi) is 5.12. The number of furan rings is 1. The van der Waals surface area contributed by atoms with E-state index in [4.69, 9.17) is 9.15 Å². The Morgan fingerprint density at radius 3 is 2.68 bits per heavy atom. The van der Waals surface area contributed by atoms with E-state index in [1.165, 1.54) is 6.26 Å². The SMILES string of the molecule is O=C(O)c1coc2c1c(C(c1ccnc(OC3CC3)c1)N1CCNCC1)c(O)c1ccccc12. The van der Waals surface area contributed by atoms with Crippen molar-refractivity contribution in [1.82, 2.24) is 15.2 Å². The second-order valence-corrected chi connectivity index (χ2v) is 8.90. The minimum atomic E-state index is -1.10. The maximum absolute atomic E-state index is 12.2. The monoisotopic (exact) mass is 459 g/mol. The van der Waals surface area contributed by atoms with Crippen LogP contribution in [0.2, 0.25) is 0 Å². The number of piperazine rings is 1. The predicted octanol–water partition coefficient (Wildman–Crippen LogP) is 3.92. The number of rotatable bonds is 6. The molecule has 1 saturated carbocycles. The van der Waals surface area contributed by atoms with E-state index >= 15 is 0 Å². The number of phenolic OH excluding ortho intramolecular Hbond substituents is 1. The summed E-state index contributed by atoms with van der Waals surface area (Å²) in [5, 5.41) is 26.7. The van der Waals surface area contributed by atoms with Gasteiger partial charge in [0.15, 0.2) is 0 Å². The van der Waals surface area contributed by atoms with Crippen LogP contribution in [0.25, 0.3) is 21.7 Å². The number of fused-ring (bicyclic) bond motifs is 3. The van der Waals surface area contributed by atoms with Crippen LogP contribution in [0.4, 0.5) is 0 Å². The number of hydrogen-bond acceptors (Lipinski definition) is 7. The van der Waals surface area contributed by atoms with Gasteiger partial charge in [0.25, 0.3) is 0 Å². The van der Waals surface area contributed by atoms with Crippen molar-refractivity contribution in [1.29, 1.82) is 0 Å². The van der Waals surface area contributed by atoms with Crippen molar-refractivity contribution in [3.63, 3.8) is 0 Å². The fraction of sp³-hybridized carbons (Fsp3) is 0.308. The highest BCUT2D eigenvalue weighted by Gasteiger charge is 2.33. The molecule has 0 bridgehead atoms. The lowest BCUT2D eigenvalue weighted by atomic mass is 9.89. The number of carboxylic acid groups (broad SMARTS) is 1. The minimum Gasteiger partial charge on any atom is -0.507 e. The molecule has 1 atom stereocenters. The molecule has 1 saturated heterocycles. The zero-order valence-electron chi connectivity index (χ0n) is 18.5. The molecule has 174 valence electrons. The van der Waals surface area contributed by atoms with Crippen molar-refractivity contribution in [2.45, 2.75) is 25.0 Å². The molecule has 6 rings (SSSR count). The van der Waals surface area contributed by atoms with E-state index in [9.17, 15) is 15.0 Å². The van der Waals surface area contributed by atoms with Gasteiger partial charge in [-0.2, -0.15) is 0 Å². The van der Waals surface area contributed by atoms with Crippen molar-refractivity contribution in [3.05, 3.63) is 65.5 Å². The molecule has 1 aliphatic carbocycles. The van der Waals surface area contributed by atoms with Gasteiger partial charge in [0.05, 0.1) is 6.04 Å². The number of carbonyl (C=O) groups is 1. The highest BCUT2D eigenvalue weighted by atomic mass is 16.5. The molecule has 1 unspecified atom stereocenters. The number of carboxylic acids is 1. The summed E-state index contributed by atoms with van der Waals surface area (Å²) in [6.45, 7) is 3.06. The van der Waals surface area contributed by atoms with E-state index in [-0.39, 0.29) is 17.4 Å². The first kappa shape index (κ1) is 20.9. The maximum Gasteiger partial charge on any atom is 0.339 e. The molecule has 34 heavy (non-hydrogen) atoms. The third-order valence-corrected chi connectivity index (χ3v) is 6.65. The topological polar surface area (TPSA) is 108 Å². The van der Waals surface area contributed by atoms with Gasteiger partial charge in [-0.3, -0.25) is 4.90 Å². The van der Waals surface area contributed by atoms with E-state index in [0.717, 1.165) is 44.6 Å². The van der Waals surface area contributed by atoms with Crippen LogP contribution < -0.4 is 10.1 Å². The summed E-state index contributed by atoms with van der Waals surface area (Å²) in [5.74, 6) is -0.486.